The molecule has 0 bridgehead atoms. The number of Topliss-reactive ketones (excluding diaryl/α,β-unsaturated/α-hetero) is 1. The highest BCUT2D eigenvalue weighted by molar-refractivity contribution is 6.25. The van der Waals surface area contributed by atoms with Gasteiger partial charge in [-0.15, -0.1) is 0 Å². The summed E-state index contributed by atoms with van der Waals surface area (Å²) in [6.45, 7) is 5.06. The van der Waals surface area contributed by atoms with Gasteiger partial charge in [-0.2, -0.15) is 0 Å². The molecule has 1 aromatic rings. The van der Waals surface area contributed by atoms with Gasteiger partial charge in [0.15, 0.2) is 5.78 Å². The lowest BCUT2D eigenvalue weighted by Crippen LogP contribution is -2.41. The summed E-state index contributed by atoms with van der Waals surface area (Å²) in [4.78, 5) is 37.6. The van der Waals surface area contributed by atoms with Crippen molar-refractivity contribution in [2.75, 3.05) is 0 Å². The minimum atomic E-state index is -0.788. The van der Waals surface area contributed by atoms with Gasteiger partial charge in [0.05, 0.1) is 6.04 Å². The Hall–Kier alpha value is -2.69. The summed E-state index contributed by atoms with van der Waals surface area (Å²) in [5, 5.41) is 10.3. The number of amides is 2. The predicted molar refractivity (Wildman–Crippen MR) is 90.9 cm³/mol. The maximum absolute atomic E-state index is 12.5. The molecular formula is C19H21NO4. The summed E-state index contributed by atoms with van der Waals surface area (Å²) in [5.74, 6) is -1.97. The van der Waals surface area contributed by atoms with Crippen LogP contribution < -0.4 is 0 Å². The first-order chi connectivity index (χ1) is 11.3. The van der Waals surface area contributed by atoms with Crippen LogP contribution in [0.4, 0.5) is 0 Å². The van der Waals surface area contributed by atoms with E-state index in [1.807, 2.05) is 44.2 Å². The minimum Gasteiger partial charge on any atom is -0.509 e. The molecule has 2 amide bonds. The van der Waals surface area contributed by atoms with Gasteiger partial charge in [-0.25, -0.2) is 0 Å². The summed E-state index contributed by atoms with van der Waals surface area (Å²) in [6, 6.07) is 8.42. The number of carbonyl (C=O) groups is 3. The fourth-order valence-corrected chi connectivity index (χ4v) is 2.72. The fraction of sp³-hybridized carbons (Fsp3) is 0.316. The van der Waals surface area contributed by atoms with E-state index < -0.39 is 23.6 Å². The Morgan fingerprint density at radius 2 is 1.88 bits per heavy atom. The maximum atomic E-state index is 12.5. The Balaban J connectivity index is 2.29. The highest BCUT2D eigenvalue weighted by Gasteiger charge is 2.44. The van der Waals surface area contributed by atoms with Crippen molar-refractivity contribution in [3.05, 3.63) is 53.3 Å². The van der Waals surface area contributed by atoms with E-state index in [0.29, 0.717) is 6.42 Å². The van der Waals surface area contributed by atoms with Crippen molar-refractivity contribution in [3.63, 3.8) is 0 Å². The number of rotatable bonds is 5. The van der Waals surface area contributed by atoms with Gasteiger partial charge < -0.3 is 5.11 Å². The number of aliphatic hydroxyl groups is 1. The molecule has 0 fully saturated rings. The third kappa shape index (κ3) is 3.62. The Kier molecular flexibility index (Phi) is 5.34. The lowest BCUT2D eigenvalue weighted by atomic mass is 10.0. The average molecular weight is 327 g/mol. The summed E-state index contributed by atoms with van der Waals surface area (Å²) in [6.07, 6.45) is 3.29. The molecule has 126 valence electrons. The quantitative estimate of drug-likeness (QED) is 0.666. The zero-order valence-electron chi connectivity index (χ0n) is 14.0. The average Bonchev–Trinajstić information content (AvgIpc) is 2.76. The van der Waals surface area contributed by atoms with E-state index in [9.17, 15) is 19.5 Å². The van der Waals surface area contributed by atoms with Gasteiger partial charge >= 0.3 is 0 Å². The fourth-order valence-electron chi connectivity index (χ4n) is 2.72. The molecule has 1 unspecified atom stereocenters. The van der Waals surface area contributed by atoms with E-state index >= 15 is 0 Å². The zero-order chi connectivity index (χ0) is 17.9. The maximum Gasteiger partial charge on any atom is 0.268 e. The van der Waals surface area contributed by atoms with Crippen LogP contribution in [0.1, 0.15) is 32.8 Å². The first-order valence-corrected chi connectivity index (χ1v) is 7.87. The molecule has 1 heterocycles. The van der Waals surface area contributed by atoms with Crippen molar-refractivity contribution in [1.29, 1.82) is 0 Å². The van der Waals surface area contributed by atoms with Gasteiger partial charge in [0.25, 0.3) is 11.8 Å². The van der Waals surface area contributed by atoms with Gasteiger partial charge in [-0.3, -0.25) is 19.3 Å². The van der Waals surface area contributed by atoms with Crippen molar-refractivity contribution in [1.82, 2.24) is 4.90 Å². The molecule has 0 aromatic heterocycles. The van der Waals surface area contributed by atoms with Crippen LogP contribution in [-0.2, 0) is 14.4 Å². The zero-order valence-corrected chi connectivity index (χ0v) is 14.0. The number of nitrogens with zero attached hydrogens (tertiary/aromatic N) is 1. The number of aliphatic hydroxyl groups excluding tert-OH is 1. The van der Waals surface area contributed by atoms with E-state index in [1.165, 1.54) is 13.0 Å². The van der Waals surface area contributed by atoms with E-state index in [-0.39, 0.29) is 17.3 Å². The third-order valence-corrected chi connectivity index (χ3v) is 3.82. The van der Waals surface area contributed by atoms with Crippen molar-refractivity contribution in [2.24, 2.45) is 5.92 Å². The molecule has 0 spiro atoms. The number of hydrogen-bond acceptors (Lipinski definition) is 4. The topological polar surface area (TPSA) is 74.7 Å². The van der Waals surface area contributed by atoms with Gasteiger partial charge in [0, 0.05) is 6.08 Å². The predicted octanol–water partition coefficient (Wildman–Crippen LogP) is 2.88. The Labute approximate surface area is 141 Å². The van der Waals surface area contributed by atoms with Crippen molar-refractivity contribution >= 4 is 23.7 Å². The number of benzene rings is 1. The van der Waals surface area contributed by atoms with Gasteiger partial charge in [-0.1, -0.05) is 44.2 Å². The van der Waals surface area contributed by atoms with Crippen molar-refractivity contribution in [3.8, 4) is 0 Å². The van der Waals surface area contributed by atoms with E-state index in [4.69, 9.17) is 0 Å². The molecule has 2 rings (SSSR count). The number of carbonyl (C=O) groups excluding carboxylic acids is 3. The van der Waals surface area contributed by atoms with Gasteiger partial charge in [0.1, 0.15) is 11.3 Å². The molecule has 0 saturated heterocycles. The molecular weight excluding hydrogens is 306 g/mol. The first kappa shape index (κ1) is 17.7. The largest absolute Gasteiger partial charge is 0.509 e. The minimum absolute atomic E-state index is 0.143. The third-order valence-electron chi connectivity index (χ3n) is 3.82. The van der Waals surface area contributed by atoms with Crippen LogP contribution >= 0.6 is 0 Å². The summed E-state index contributed by atoms with van der Waals surface area (Å²) in [5.41, 5.74) is 0.531. The lowest BCUT2D eigenvalue weighted by Gasteiger charge is -2.23. The lowest BCUT2D eigenvalue weighted by molar-refractivity contribution is -0.140. The molecule has 1 atom stereocenters. The van der Waals surface area contributed by atoms with Gasteiger partial charge in [-0.05, 0) is 30.9 Å². The highest BCUT2D eigenvalue weighted by atomic mass is 16.3. The first-order valence-electron chi connectivity index (χ1n) is 7.87. The van der Waals surface area contributed by atoms with Crippen LogP contribution in [0.15, 0.2) is 47.7 Å². The standard InChI is InChI=1S/C19H21NO4/c1-12(2)11-15-18(23)17(13(3)21)19(24)20(15)16(22)10-9-14-7-5-4-6-8-14/h4-10,12,15,23H,11H2,1-3H3. The van der Waals surface area contributed by atoms with Crippen LogP contribution in [0, 0.1) is 5.92 Å². The summed E-state index contributed by atoms with van der Waals surface area (Å²) in [7, 11) is 0. The Bertz CT molecular complexity index is 716. The molecule has 1 aliphatic rings. The smallest absolute Gasteiger partial charge is 0.268 e. The summed E-state index contributed by atoms with van der Waals surface area (Å²) < 4.78 is 0. The summed E-state index contributed by atoms with van der Waals surface area (Å²) >= 11 is 0. The van der Waals surface area contributed by atoms with E-state index in [2.05, 4.69) is 0 Å². The molecule has 5 nitrogen and oxygen atoms in total. The number of hydrogen-bond donors (Lipinski definition) is 1. The Morgan fingerprint density at radius 1 is 1.25 bits per heavy atom. The monoisotopic (exact) mass is 327 g/mol. The van der Waals surface area contributed by atoms with Crippen molar-refractivity contribution in [2.45, 2.75) is 33.2 Å². The number of imide groups is 1. The van der Waals surface area contributed by atoms with Crippen LogP contribution in [0.2, 0.25) is 0 Å². The van der Waals surface area contributed by atoms with Gasteiger partial charge in [0.2, 0.25) is 0 Å². The second-order valence-electron chi connectivity index (χ2n) is 6.22. The molecule has 0 radical (unpaired) electrons. The van der Waals surface area contributed by atoms with E-state index in [1.54, 1.807) is 6.08 Å². The van der Waals surface area contributed by atoms with E-state index in [0.717, 1.165) is 10.5 Å². The molecule has 24 heavy (non-hydrogen) atoms. The Morgan fingerprint density at radius 3 is 2.42 bits per heavy atom. The van der Waals surface area contributed by atoms with Crippen LogP contribution in [0.3, 0.4) is 0 Å². The molecule has 1 aromatic carbocycles. The molecule has 0 aliphatic carbocycles. The highest BCUT2D eigenvalue weighted by Crippen LogP contribution is 2.29. The van der Waals surface area contributed by atoms with Crippen LogP contribution in [0.5, 0.6) is 0 Å². The van der Waals surface area contributed by atoms with Crippen LogP contribution in [-0.4, -0.2) is 33.6 Å². The van der Waals surface area contributed by atoms with Crippen molar-refractivity contribution < 1.29 is 19.5 Å². The number of ketones is 1. The normalized spacial score (nSPS) is 18.1. The second kappa shape index (κ2) is 7.25. The second-order valence-corrected chi connectivity index (χ2v) is 6.22. The SMILES string of the molecule is CC(=O)C1=C(O)C(CC(C)C)N(C(=O)C=Cc2ccccc2)C1=O. The van der Waals surface area contributed by atoms with Crippen LogP contribution in [0.25, 0.3) is 6.08 Å². The molecule has 0 saturated carbocycles. The molecule has 1 N–H and O–H groups in total. The molecule has 5 heteroatoms. The molecule has 1 aliphatic heterocycles.